The Hall–Kier alpha value is -2.39. The number of carbonyl (C=O) groups excluding carboxylic acids is 1. The molecule has 2 N–H and O–H groups in total. The van der Waals surface area contributed by atoms with E-state index in [9.17, 15) is 18.0 Å². The smallest absolute Gasteiger partial charge is 0.326 e. The lowest BCUT2D eigenvalue weighted by Gasteiger charge is -2.21. The topological polar surface area (TPSA) is 104 Å². The highest BCUT2D eigenvalue weighted by atomic mass is 32.2. The molecule has 2 aromatic rings. The van der Waals surface area contributed by atoms with Crippen LogP contribution in [0.1, 0.15) is 18.4 Å². The number of nitrogens with zero attached hydrogens (tertiary/aromatic N) is 1. The maximum atomic E-state index is 12.4. The van der Waals surface area contributed by atoms with E-state index in [1.165, 1.54) is 11.0 Å². The maximum Gasteiger partial charge on any atom is 0.326 e. The average molecular weight is 394 g/mol. The first-order valence-corrected chi connectivity index (χ1v) is 10.4. The summed E-state index contributed by atoms with van der Waals surface area (Å²) in [4.78, 5) is 24.9. The highest BCUT2D eigenvalue weighted by Crippen LogP contribution is 2.22. The van der Waals surface area contributed by atoms with Gasteiger partial charge in [-0.2, -0.15) is 0 Å². The van der Waals surface area contributed by atoms with Gasteiger partial charge >= 0.3 is 5.97 Å². The number of amides is 1. The fourth-order valence-corrected chi connectivity index (χ4v) is 4.96. The number of carboxylic acid groups (broad SMARTS) is 1. The van der Waals surface area contributed by atoms with Gasteiger partial charge < -0.3 is 10.0 Å². The zero-order valence-electron chi connectivity index (χ0n) is 13.8. The van der Waals surface area contributed by atoms with Crippen molar-refractivity contribution in [3.05, 3.63) is 47.3 Å². The summed E-state index contributed by atoms with van der Waals surface area (Å²) < 4.78 is 27.1. The van der Waals surface area contributed by atoms with Crippen LogP contribution >= 0.6 is 11.3 Å². The van der Waals surface area contributed by atoms with Crippen molar-refractivity contribution in [1.29, 1.82) is 0 Å². The van der Waals surface area contributed by atoms with Crippen LogP contribution in [-0.4, -0.2) is 42.9 Å². The van der Waals surface area contributed by atoms with Crippen molar-refractivity contribution in [2.45, 2.75) is 29.5 Å². The van der Waals surface area contributed by atoms with Crippen LogP contribution in [0.4, 0.5) is 5.69 Å². The van der Waals surface area contributed by atoms with Crippen LogP contribution in [0.3, 0.4) is 0 Å². The minimum absolute atomic E-state index is 0.0851. The normalized spacial score (nSPS) is 17.2. The fourth-order valence-electron chi connectivity index (χ4n) is 2.91. The standard InChI is InChI=1S/C17H18N2O5S2/c20-15(19-9-1-3-14(19)17(21)22)11-12-5-7-13(8-6-12)18-26(23,24)16-4-2-10-25-16/h2,4-8,10,14,18H,1,3,9,11H2,(H,21,22)/t14-/m1/s1. The van der Waals surface area contributed by atoms with Crippen molar-refractivity contribution in [3.63, 3.8) is 0 Å². The molecular weight excluding hydrogens is 376 g/mol. The molecule has 1 saturated heterocycles. The van der Waals surface area contributed by atoms with Crippen molar-refractivity contribution in [3.8, 4) is 0 Å². The second-order valence-corrected chi connectivity index (χ2v) is 8.85. The third-order valence-corrected chi connectivity index (χ3v) is 6.96. The van der Waals surface area contributed by atoms with Crippen molar-refractivity contribution >= 4 is 38.9 Å². The number of hydrogen-bond acceptors (Lipinski definition) is 5. The van der Waals surface area contributed by atoms with E-state index in [0.717, 1.165) is 11.3 Å². The van der Waals surface area contributed by atoms with E-state index in [1.54, 1.807) is 35.7 Å². The number of benzene rings is 1. The third-order valence-electron chi connectivity index (χ3n) is 4.18. The predicted octanol–water partition coefficient (Wildman–Crippen LogP) is 2.17. The van der Waals surface area contributed by atoms with Crippen LogP contribution in [-0.2, 0) is 26.0 Å². The third kappa shape index (κ3) is 4.05. The summed E-state index contributed by atoms with van der Waals surface area (Å²) in [6, 6.07) is 8.94. The molecule has 1 aliphatic rings. The van der Waals surface area contributed by atoms with Gasteiger partial charge in [0.15, 0.2) is 0 Å². The van der Waals surface area contributed by atoms with Gasteiger partial charge in [0, 0.05) is 12.2 Å². The first-order valence-electron chi connectivity index (χ1n) is 8.04. The lowest BCUT2D eigenvalue weighted by molar-refractivity contribution is -0.148. The van der Waals surface area contributed by atoms with Crippen LogP contribution in [0.5, 0.6) is 0 Å². The predicted molar refractivity (Wildman–Crippen MR) is 97.6 cm³/mol. The van der Waals surface area contributed by atoms with E-state index in [4.69, 9.17) is 5.11 Å². The Morgan fingerprint density at radius 3 is 2.58 bits per heavy atom. The number of thiophene rings is 1. The first kappa shape index (κ1) is 18.4. The molecule has 1 atom stereocenters. The number of sulfonamides is 1. The molecule has 0 spiro atoms. The molecule has 2 heterocycles. The number of rotatable bonds is 6. The summed E-state index contributed by atoms with van der Waals surface area (Å²) in [6.07, 6.45) is 1.25. The lowest BCUT2D eigenvalue weighted by Crippen LogP contribution is -2.41. The molecule has 9 heteroatoms. The molecule has 1 aliphatic heterocycles. The van der Waals surface area contributed by atoms with Gasteiger partial charge in [-0.1, -0.05) is 18.2 Å². The molecule has 0 radical (unpaired) electrons. The summed E-state index contributed by atoms with van der Waals surface area (Å²) >= 11 is 1.13. The molecule has 1 aromatic heterocycles. The summed E-state index contributed by atoms with van der Waals surface area (Å²) in [5, 5.41) is 10.8. The van der Waals surface area contributed by atoms with Crippen LogP contribution in [0.2, 0.25) is 0 Å². The Kier molecular flexibility index (Phi) is 5.28. The Morgan fingerprint density at radius 1 is 1.23 bits per heavy atom. The summed E-state index contributed by atoms with van der Waals surface area (Å²) in [7, 11) is -3.61. The number of aliphatic carboxylic acids is 1. The molecule has 1 amide bonds. The molecule has 0 unspecified atom stereocenters. The molecule has 26 heavy (non-hydrogen) atoms. The summed E-state index contributed by atoms with van der Waals surface area (Å²) in [5.74, 6) is -1.21. The number of carboxylic acids is 1. The molecule has 7 nitrogen and oxygen atoms in total. The van der Waals surface area contributed by atoms with E-state index in [0.29, 0.717) is 30.6 Å². The molecule has 3 rings (SSSR count). The second-order valence-electron chi connectivity index (χ2n) is 5.99. The van der Waals surface area contributed by atoms with Crippen molar-refractivity contribution in [2.75, 3.05) is 11.3 Å². The number of nitrogens with one attached hydrogen (secondary N) is 1. The SMILES string of the molecule is O=C(O)[C@H]1CCCN1C(=O)Cc1ccc(NS(=O)(=O)c2cccs2)cc1. The van der Waals surface area contributed by atoms with Gasteiger partial charge in [0.2, 0.25) is 5.91 Å². The summed E-state index contributed by atoms with van der Waals surface area (Å²) in [5.41, 5.74) is 1.10. The van der Waals surface area contributed by atoms with E-state index in [2.05, 4.69) is 4.72 Å². The van der Waals surface area contributed by atoms with E-state index >= 15 is 0 Å². The molecule has 0 aliphatic carbocycles. The zero-order valence-corrected chi connectivity index (χ0v) is 15.4. The molecule has 0 bridgehead atoms. The maximum absolute atomic E-state index is 12.4. The largest absolute Gasteiger partial charge is 0.480 e. The van der Waals surface area contributed by atoms with Gasteiger partial charge in [-0.15, -0.1) is 11.3 Å². The second kappa shape index (κ2) is 7.46. The van der Waals surface area contributed by atoms with Crippen LogP contribution in [0, 0.1) is 0 Å². The van der Waals surface area contributed by atoms with Crippen molar-refractivity contribution in [1.82, 2.24) is 4.90 Å². The number of carbonyl (C=O) groups is 2. The minimum Gasteiger partial charge on any atom is -0.480 e. The van der Waals surface area contributed by atoms with Crippen LogP contribution in [0.25, 0.3) is 0 Å². The highest BCUT2D eigenvalue weighted by Gasteiger charge is 2.33. The van der Waals surface area contributed by atoms with E-state index < -0.39 is 22.0 Å². The van der Waals surface area contributed by atoms with Gasteiger partial charge in [0.1, 0.15) is 10.3 Å². The summed E-state index contributed by atoms with van der Waals surface area (Å²) in [6.45, 7) is 0.453. The minimum atomic E-state index is -3.61. The molecule has 1 fully saturated rings. The van der Waals surface area contributed by atoms with Gasteiger partial charge in [0.25, 0.3) is 10.0 Å². The monoisotopic (exact) mass is 394 g/mol. The molecular formula is C17H18N2O5S2. The van der Waals surface area contributed by atoms with E-state index in [1.807, 2.05) is 0 Å². The highest BCUT2D eigenvalue weighted by molar-refractivity contribution is 7.94. The van der Waals surface area contributed by atoms with Crippen molar-refractivity contribution in [2.24, 2.45) is 0 Å². The van der Waals surface area contributed by atoms with Gasteiger partial charge in [0.05, 0.1) is 6.42 Å². The first-order chi connectivity index (χ1) is 12.4. The van der Waals surface area contributed by atoms with Gasteiger partial charge in [-0.3, -0.25) is 9.52 Å². The molecule has 1 aromatic carbocycles. The molecule has 138 valence electrons. The van der Waals surface area contributed by atoms with Crippen LogP contribution < -0.4 is 4.72 Å². The number of hydrogen-bond donors (Lipinski definition) is 2. The van der Waals surface area contributed by atoms with Crippen LogP contribution in [0.15, 0.2) is 46.0 Å². The molecule has 0 saturated carbocycles. The van der Waals surface area contributed by atoms with Gasteiger partial charge in [-0.05, 0) is 42.0 Å². The Balaban J connectivity index is 1.65. The fraction of sp³-hybridized carbons (Fsp3) is 0.294. The average Bonchev–Trinajstić information content (AvgIpc) is 3.28. The Labute approximate surface area is 155 Å². The number of likely N-dealkylation sites (tertiary alicyclic amines) is 1. The Morgan fingerprint density at radius 2 is 1.96 bits per heavy atom. The quantitative estimate of drug-likeness (QED) is 0.781. The van der Waals surface area contributed by atoms with E-state index in [-0.39, 0.29) is 16.5 Å². The lowest BCUT2D eigenvalue weighted by atomic mass is 10.1. The van der Waals surface area contributed by atoms with Crippen molar-refractivity contribution < 1.29 is 23.1 Å². The zero-order chi connectivity index (χ0) is 18.7. The number of anilines is 1. The Bertz CT molecular complexity index is 892. The van der Waals surface area contributed by atoms with Gasteiger partial charge in [-0.25, -0.2) is 13.2 Å².